The molecule has 1 aliphatic rings. The quantitative estimate of drug-likeness (QED) is 0.260. The third kappa shape index (κ3) is 7.35. The highest BCUT2D eigenvalue weighted by Crippen LogP contribution is 2.32. The number of halogens is 2. The highest BCUT2D eigenvalue weighted by Gasteiger charge is 2.31. The lowest BCUT2D eigenvalue weighted by Crippen LogP contribution is -2.40. The molecular weight excluding hydrogens is 527 g/mol. The van der Waals surface area contributed by atoms with Crippen LogP contribution in [0.2, 0.25) is 10.0 Å². The van der Waals surface area contributed by atoms with E-state index in [-0.39, 0.29) is 33.4 Å². The summed E-state index contributed by atoms with van der Waals surface area (Å²) in [6.45, 7) is 3.29. The van der Waals surface area contributed by atoms with E-state index in [1.165, 1.54) is 23.8 Å². The van der Waals surface area contributed by atoms with Crippen molar-refractivity contribution in [1.82, 2.24) is 9.21 Å². The molecule has 0 aromatic heterocycles. The number of amides is 1. The fourth-order valence-corrected chi connectivity index (χ4v) is 7.20. The molecular formula is C29H32Cl2N2O3S. The molecule has 196 valence electrons. The molecule has 3 aromatic rings. The first kappa shape index (κ1) is 27.6. The molecule has 0 saturated heterocycles. The van der Waals surface area contributed by atoms with Crippen LogP contribution in [0, 0.1) is 12.8 Å². The molecule has 37 heavy (non-hydrogen) atoms. The molecule has 0 spiro atoms. The molecule has 1 amide bonds. The number of aryl methyl sites for hydroxylation is 1. The van der Waals surface area contributed by atoms with E-state index >= 15 is 0 Å². The van der Waals surface area contributed by atoms with Gasteiger partial charge in [0, 0.05) is 35.7 Å². The largest absolute Gasteiger partial charge is 0.338 e. The Balaban J connectivity index is 1.46. The van der Waals surface area contributed by atoms with Crippen molar-refractivity contribution in [2.75, 3.05) is 6.54 Å². The van der Waals surface area contributed by atoms with Crippen LogP contribution in [-0.4, -0.2) is 36.6 Å². The van der Waals surface area contributed by atoms with Crippen LogP contribution in [0.3, 0.4) is 0 Å². The van der Waals surface area contributed by atoms with Crippen LogP contribution in [0.5, 0.6) is 0 Å². The van der Waals surface area contributed by atoms with Gasteiger partial charge < -0.3 is 4.90 Å². The van der Waals surface area contributed by atoms with Crippen molar-refractivity contribution in [3.63, 3.8) is 0 Å². The molecule has 3 aromatic carbocycles. The van der Waals surface area contributed by atoms with Gasteiger partial charge in [-0.1, -0.05) is 83.4 Å². The molecule has 0 aliphatic heterocycles. The molecule has 0 N–H and O–H groups in total. The fourth-order valence-electron chi connectivity index (χ4n) is 4.97. The summed E-state index contributed by atoms with van der Waals surface area (Å²) in [6, 6.07) is 22.4. The maximum absolute atomic E-state index is 13.7. The number of benzene rings is 3. The van der Waals surface area contributed by atoms with E-state index in [9.17, 15) is 13.2 Å². The van der Waals surface area contributed by atoms with E-state index in [4.69, 9.17) is 23.2 Å². The molecule has 8 heteroatoms. The molecule has 0 heterocycles. The van der Waals surface area contributed by atoms with Crippen LogP contribution in [0.4, 0.5) is 0 Å². The summed E-state index contributed by atoms with van der Waals surface area (Å²) >= 11 is 12.3. The third-order valence-corrected chi connectivity index (χ3v) is 9.27. The molecule has 0 bridgehead atoms. The lowest BCUT2D eigenvalue weighted by atomic mass is 9.85. The molecule has 0 atom stereocenters. The zero-order valence-corrected chi connectivity index (χ0v) is 23.2. The zero-order valence-electron chi connectivity index (χ0n) is 20.9. The molecule has 0 unspecified atom stereocenters. The Bertz CT molecular complexity index is 1270. The smallest absolute Gasteiger partial charge is 0.243 e. The first-order chi connectivity index (χ1) is 17.7. The monoisotopic (exact) mass is 558 g/mol. The third-order valence-electron chi connectivity index (χ3n) is 7.04. The van der Waals surface area contributed by atoms with Gasteiger partial charge in [0.05, 0.1) is 4.90 Å². The predicted octanol–water partition coefficient (Wildman–Crippen LogP) is 6.71. The summed E-state index contributed by atoms with van der Waals surface area (Å²) in [5.74, 6) is 0.192. The topological polar surface area (TPSA) is 57.7 Å². The molecule has 1 fully saturated rings. The number of sulfonamides is 1. The Hall–Kier alpha value is -2.38. The molecule has 1 saturated carbocycles. The first-order valence-corrected chi connectivity index (χ1v) is 14.7. The fraction of sp³-hybridized carbons (Fsp3) is 0.345. The van der Waals surface area contributed by atoms with Gasteiger partial charge in [-0.25, -0.2) is 8.42 Å². The van der Waals surface area contributed by atoms with Gasteiger partial charge in [-0.3, -0.25) is 4.79 Å². The first-order valence-electron chi connectivity index (χ1n) is 12.5. The van der Waals surface area contributed by atoms with E-state index in [0.29, 0.717) is 13.1 Å². The van der Waals surface area contributed by atoms with Crippen molar-refractivity contribution in [1.29, 1.82) is 0 Å². The number of carbonyl (C=O) groups excluding carboxylic acids is 1. The lowest BCUT2D eigenvalue weighted by Gasteiger charge is -2.36. The van der Waals surface area contributed by atoms with Gasteiger partial charge in [-0.15, -0.1) is 0 Å². The molecule has 4 rings (SSSR count). The van der Waals surface area contributed by atoms with Crippen LogP contribution < -0.4 is 0 Å². The van der Waals surface area contributed by atoms with E-state index in [2.05, 4.69) is 24.3 Å². The Kier molecular flexibility index (Phi) is 9.30. The Morgan fingerprint density at radius 2 is 1.43 bits per heavy atom. The minimum atomic E-state index is -3.82. The van der Waals surface area contributed by atoms with Crippen molar-refractivity contribution in [2.45, 2.75) is 56.6 Å². The van der Waals surface area contributed by atoms with Gasteiger partial charge in [-0.2, -0.15) is 4.31 Å². The second-order valence-electron chi connectivity index (χ2n) is 9.83. The summed E-state index contributed by atoms with van der Waals surface area (Å²) in [4.78, 5) is 13.9. The summed E-state index contributed by atoms with van der Waals surface area (Å²) in [5.41, 5.74) is 3.22. The Morgan fingerprint density at radius 3 is 2.03 bits per heavy atom. The summed E-state index contributed by atoms with van der Waals surface area (Å²) in [6.07, 6.45) is 4.33. The Morgan fingerprint density at radius 1 is 0.838 bits per heavy atom. The average Bonchev–Trinajstić information content (AvgIpc) is 2.88. The second kappa shape index (κ2) is 12.4. The van der Waals surface area contributed by atoms with Crippen molar-refractivity contribution < 1.29 is 13.2 Å². The van der Waals surface area contributed by atoms with Crippen LogP contribution in [0.25, 0.3) is 0 Å². The van der Waals surface area contributed by atoms with Gasteiger partial charge in [-0.05, 0) is 67.9 Å². The molecule has 0 radical (unpaired) electrons. The lowest BCUT2D eigenvalue weighted by molar-refractivity contribution is -0.121. The van der Waals surface area contributed by atoms with E-state index in [1.807, 2.05) is 42.2 Å². The standard InChI is InChI=1S/C29H32Cl2N2O3S/c1-22-7-9-24(10-8-22)18-32(21-34)28-13-11-25(12-14-28)20-33(19-23-5-3-2-4-6-23)37(35,36)29-16-26(30)15-27(31)17-29/h2-10,15-17,21,25,28H,11-14,18-20H2,1H3. The maximum Gasteiger partial charge on any atom is 0.243 e. The summed E-state index contributed by atoms with van der Waals surface area (Å²) in [5, 5.41) is 0.572. The van der Waals surface area contributed by atoms with Crippen LogP contribution >= 0.6 is 23.2 Å². The normalized spacial score (nSPS) is 18.1. The Labute approximate surface area is 230 Å². The van der Waals surface area contributed by atoms with Crippen LogP contribution in [-0.2, 0) is 27.9 Å². The van der Waals surface area contributed by atoms with Crippen LogP contribution in [0.1, 0.15) is 42.4 Å². The molecule has 1 aliphatic carbocycles. The number of rotatable bonds is 10. The van der Waals surface area contributed by atoms with Gasteiger partial charge in [0.1, 0.15) is 0 Å². The van der Waals surface area contributed by atoms with Crippen molar-refractivity contribution in [2.24, 2.45) is 5.92 Å². The number of hydrogen-bond acceptors (Lipinski definition) is 3. The SMILES string of the molecule is Cc1ccc(CN(C=O)C2CCC(CN(Cc3ccccc3)S(=O)(=O)c3cc(Cl)cc(Cl)c3)CC2)cc1. The number of hydrogen-bond donors (Lipinski definition) is 0. The highest BCUT2D eigenvalue weighted by atomic mass is 35.5. The number of carbonyl (C=O) groups is 1. The second-order valence-corrected chi connectivity index (χ2v) is 12.6. The minimum Gasteiger partial charge on any atom is -0.338 e. The summed E-state index contributed by atoms with van der Waals surface area (Å²) < 4.78 is 29.0. The average molecular weight is 560 g/mol. The number of nitrogens with zero attached hydrogens (tertiary/aromatic N) is 2. The van der Waals surface area contributed by atoms with E-state index in [1.54, 1.807) is 4.31 Å². The molecule has 5 nitrogen and oxygen atoms in total. The van der Waals surface area contributed by atoms with Gasteiger partial charge >= 0.3 is 0 Å². The van der Waals surface area contributed by atoms with Gasteiger partial charge in [0.15, 0.2) is 0 Å². The highest BCUT2D eigenvalue weighted by molar-refractivity contribution is 7.89. The maximum atomic E-state index is 13.7. The van der Waals surface area contributed by atoms with E-state index in [0.717, 1.165) is 43.2 Å². The van der Waals surface area contributed by atoms with Gasteiger partial charge in [0.25, 0.3) is 0 Å². The van der Waals surface area contributed by atoms with Crippen LogP contribution in [0.15, 0.2) is 77.7 Å². The zero-order chi connectivity index (χ0) is 26.4. The van der Waals surface area contributed by atoms with E-state index < -0.39 is 10.0 Å². The summed E-state index contributed by atoms with van der Waals surface area (Å²) in [7, 11) is -3.82. The van der Waals surface area contributed by atoms with Gasteiger partial charge in [0.2, 0.25) is 16.4 Å². The predicted molar refractivity (Wildman–Crippen MR) is 149 cm³/mol. The minimum absolute atomic E-state index is 0.0971. The van der Waals surface area contributed by atoms with Crippen molar-refractivity contribution in [3.8, 4) is 0 Å². The van der Waals surface area contributed by atoms with Crippen molar-refractivity contribution in [3.05, 3.63) is 99.5 Å². The van der Waals surface area contributed by atoms with Crippen molar-refractivity contribution >= 4 is 39.6 Å².